The van der Waals surface area contributed by atoms with Crippen molar-refractivity contribution in [1.82, 2.24) is 15.6 Å². The molecule has 10 heteroatoms. The number of benzene rings is 2. The summed E-state index contributed by atoms with van der Waals surface area (Å²) in [6.07, 6.45) is 0.678. The largest absolute Gasteiger partial charge is 0.465 e. The van der Waals surface area contributed by atoms with Crippen LogP contribution in [-0.2, 0) is 16.0 Å². The van der Waals surface area contributed by atoms with Crippen LogP contribution in [0.15, 0.2) is 36.4 Å². The average Bonchev–Trinajstić information content (AvgIpc) is 3.44. The van der Waals surface area contributed by atoms with Crippen molar-refractivity contribution in [2.24, 2.45) is 0 Å². The molecular weight excluding hydrogens is 423 g/mol. The molecule has 1 aromatic heterocycles. The summed E-state index contributed by atoms with van der Waals surface area (Å²) >= 11 is 1.24. The van der Waals surface area contributed by atoms with Gasteiger partial charge in [-0.15, -0.1) is 11.3 Å². The summed E-state index contributed by atoms with van der Waals surface area (Å²) < 4.78 is 15.4. The maximum atomic E-state index is 14.8. The molecule has 4 rings (SSSR count). The second-order valence-corrected chi connectivity index (χ2v) is 8.29. The summed E-state index contributed by atoms with van der Waals surface area (Å²) in [6.45, 7) is -0.0909. The minimum atomic E-state index is -1.24. The Labute approximate surface area is 180 Å². The lowest BCUT2D eigenvalue weighted by Gasteiger charge is -2.10. The van der Waals surface area contributed by atoms with Gasteiger partial charge in [-0.05, 0) is 25.0 Å². The molecule has 3 amide bonds. The Morgan fingerprint density at radius 2 is 1.90 bits per heavy atom. The molecule has 1 aliphatic carbocycles. The third-order valence-electron chi connectivity index (χ3n) is 4.68. The molecule has 0 saturated heterocycles. The number of amides is 3. The molecule has 1 fully saturated rings. The lowest BCUT2D eigenvalue weighted by molar-refractivity contribution is -0.125. The van der Waals surface area contributed by atoms with Crippen LogP contribution in [0.3, 0.4) is 0 Å². The van der Waals surface area contributed by atoms with Gasteiger partial charge in [0.1, 0.15) is 10.8 Å². The Morgan fingerprint density at radius 1 is 1.13 bits per heavy atom. The molecule has 0 aliphatic heterocycles. The van der Waals surface area contributed by atoms with Crippen molar-refractivity contribution in [2.75, 3.05) is 11.9 Å². The standard InChI is InChI=1S/C21H19FN4O4S/c22-14-8-16-17(7-13(14)12-3-1-2-4-15(12)26-21(29)30)31-20(25-16)9-18(27)23-10-19(28)24-11-5-6-11/h1-4,7-8,11,26H,5-6,9-10H2,(H,23,27)(H,24,28)(H,29,30). The highest BCUT2D eigenvalue weighted by atomic mass is 32.1. The van der Waals surface area contributed by atoms with Crippen molar-refractivity contribution in [2.45, 2.75) is 25.3 Å². The summed E-state index contributed by atoms with van der Waals surface area (Å²) in [5, 5.41) is 17.1. The number of para-hydroxylation sites is 1. The first-order valence-corrected chi connectivity index (χ1v) is 10.4. The highest BCUT2D eigenvalue weighted by molar-refractivity contribution is 7.18. The van der Waals surface area contributed by atoms with E-state index in [1.165, 1.54) is 17.4 Å². The smallest absolute Gasteiger partial charge is 0.409 e. The lowest BCUT2D eigenvalue weighted by atomic mass is 10.0. The molecule has 0 bridgehead atoms. The van der Waals surface area contributed by atoms with E-state index in [4.69, 9.17) is 5.11 Å². The molecule has 0 unspecified atom stereocenters. The Kier molecular flexibility index (Phi) is 5.81. The van der Waals surface area contributed by atoms with Crippen LogP contribution in [0.5, 0.6) is 0 Å². The number of carbonyl (C=O) groups is 3. The van der Waals surface area contributed by atoms with Crippen molar-refractivity contribution >= 4 is 45.1 Å². The molecule has 0 spiro atoms. The zero-order valence-electron chi connectivity index (χ0n) is 16.3. The van der Waals surface area contributed by atoms with Gasteiger partial charge >= 0.3 is 6.09 Å². The minimum Gasteiger partial charge on any atom is -0.465 e. The lowest BCUT2D eigenvalue weighted by Crippen LogP contribution is -2.38. The topological polar surface area (TPSA) is 120 Å². The number of hydrogen-bond acceptors (Lipinski definition) is 5. The molecular formula is C21H19FN4O4S. The first-order valence-electron chi connectivity index (χ1n) is 9.63. The number of carbonyl (C=O) groups excluding carboxylic acids is 2. The van der Waals surface area contributed by atoms with Gasteiger partial charge in [-0.25, -0.2) is 14.2 Å². The predicted molar refractivity (Wildman–Crippen MR) is 115 cm³/mol. The van der Waals surface area contributed by atoms with E-state index in [1.54, 1.807) is 30.3 Å². The van der Waals surface area contributed by atoms with Crippen molar-refractivity contribution < 1.29 is 23.9 Å². The molecule has 1 heterocycles. The molecule has 4 N–H and O–H groups in total. The van der Waals surface area contributed by atoms with Crippen LogP contribution in [0.1, 0.15) is 17.8 Å². The second kappa shape index (κ2) is 8.68. The highest BCUT2D eigenvalue weighted by Gasteiger charge is 2.23. The van der Waals surface area contributed by atoms with Gasteiger partial charge < -0.3 is 15.7 Å². The Hall–Kier alpha value is -3.53. The quantitative estimate of drug-likeness (QED) is 0.448. The Balaban J connectivity index is 1.50. The predicted octanol–water partition coefficient (Wildman–Crippen LogP) is 3.13. The number of aromatic nitrogens is 1. The number of nitrogens with zero attached hydrogens (tertiary/aromatic N) is 1. The summed E-state index contributed by atoms with van der Waals surface area (Å²) in [7, 11) is 0. The van der Waals surface area contributed by atoms with Gasteiger partial charge in [0.15, 0.2) is 0 Å². The van der Waals surface area contributed by atoms with Gasteiger partial charge in [0, 0.05) is 23.2 Å². The Morgan fingerprint density at radius 3 is 2.65 bits per heavy atom. The zero-order chi connectivity index (χ0) is 22.0. The number of anilines is 1. The number of halogens is 1. The van der Waals surface area contributed by atoms with Crippen LogP contribution in [0, 0.1) is 5.82 Å². The van der Waals surface area contributed by atoms with Crippen LogP contribution in [0.4, 0.5) is 14.9 Å². The third kappa shape index (κ3) is 5.15. The van der Waals surface area contributed by atoms with E-state index < -0.39 is 11.9 Å². The molecule has 3 aromatic rings. The molecule has 0 radical (unpaired) electrons. The van der Waals surface area contributed by atoms with Crippen molar-refractivity contribution in [3.63, 3.8) is 0 Å². The summed E-state index contributed by atoms with van der Waals surface area (Å²) in [4.78, 5) is 39.2. The molecule has 1 saturated carbocycles. The van der Waals surface area contributed by atoms with E-state index in [0.717, 1.165) is 12.8 Å². The van der Waals surface area contributed by atoms with Crippen molar-refractivity contribution in [3.05, 3.63) is 47.2 Å². The zero-order valence-corrected chi connectivity index (χ0v) is 17.1. The highest BCUT2D eigenvalue weighted by Crippen LogP contribution is 2.34. The maximum Gasteiger partial charge on any atom is 0.409 e. The van der Waals surface area contributed by atoms with E-state index in [9.17, 15) is 18.8 Å². The molecule has 1 aliphatic rings. The number of fused-ring (bicyclic) bond motifs is 1. The van der Waals surface area contributed by atoms with Crippen LogP contribution < -0.4 is 16.0 Å². The van der Waals surface area contributed by atoms with Gasteiger partial charge in [0.2, 0.25) is 11.8 Å². The monoisotopic (exact) mass is 442 g/mol. The van der Waals surface area contributed by atoms with E-state index in [1.807, 2.05) is 0 Å². The number of thiazole rings is 1. The second-order valence-electron chi connectivity index (χ2n) is 7.18. The van der Waals surface area contributed by atoms with Crippen LogP contribution in [0.25, 0.3) is 21.3 Å². The fraction of sp³-hybridized carbons (Fsp3) is 0.238. The Bertz CT molecular complexity index is 1180. The SMILES string of the molecule is O=C(O)Nc1ccccc1-c1cc2sc(CC(=O)NCC(=O)NC3CC3)nc2cc1F. The summed E-state index contributed by atoms with van der Waals surface area (Å²) in [6, 6.07) is 9.60. The van der Waals surface area contributed by atoms with Gasteiger partial charge in [0.05, 0.1) is 28.9 Å². The average molecular weight is 442 g/mol. The number of carboxylic acid groups (broad SMARTS) is 1. The number of nitrogens with one attached hydrogen (secondary N) is 3. The first-order chi connectivity index (χ1) is 14.9. The van der Waals surface area contributed by atoms with Gasteiger partial charge in [-0.3, -0.25) is 14.9 Å². The third-order valence-corrected chi connectivity index (χ3v) is 5.70. The van der Waals surface area contributed by atoms with E-state index in [2.05, 4.69) is 20.9 Å². The molecule has 0 atom stereocenters. The van der Waals surface area contributed by atoms with Crippen molar-refractivity contribution in [1.29, 1.82) is 0 Å². The summed E-state index contributed by atoms with van der Waals surface area (Å²) in [5.41, 5.74) is 1.30. The van der Waals surface area contributed by atoms with Crippen LogP contribution in [0.2, 0.25) is 0 Å². The number of rotatable bonds is 7. The van der Waals surface area contributed by atoms with Crippen molar-refractivity contribution in [3.8, 4) is 11.1 Å². The van der Waals surface area contributed by atoms with E-state index >= 15 is 0 Å². The van der Waals surface area contributed by atoms with E-state index in [0.29, 0.717) is 20.8 Å². The van der Waals surface area contributed by atoms with E-state index in [-0.39, 0.29) is 42.1 Å². The first kappa shape index (κ1) is 20.7. The molecule has 31 heavy (non-hydrogen) atoms. The van der Waals surface area contributed by atoms with Crippen LogP contribution >= 0.6 is 11.3 Å². The minimum absolute atomic E-state index is 0.0236. The van der Waals surface area contributed by atoms with Gasteiger partial charge in [-0.2, -0.15) is 0 Å². The maximum absolute atomic E-state index is 14.8. The molecule has 160 valence electrons. The molecule has 2 aromatic carbocycles. The number of hydrogen-bond donors (Lipinski definition) is 4. The van der Waals surface area contributed by atoms with Gasteiger partial charge in [-0.1, -0.05) is 18.2 Å². The van der Waals surface area contributed by atoms with Gasteiger partial charge in [0.25, 0.3) is 0 Å². The normalized spacial score (nSPS) is 13.1. The summed E-state index contributed by atoms with van der Waals surface area (Å²) in [5.74, 6) is -1.12. The fourth-order valence-electron chi connectivity index (χ4n) is 3.11. The molecule has 8 nitrogen and oxygen atoms in total. The van der Waals surface area contributed by atoms with Crippen LogP contribution in [-0.4, -0.2) is 40.6 Å². The fourth-order valence-corrected chi connectivity index (χ4v) is 4.09.